The zero-order valence-electron chi connectivity index (χ0n) is 11.8. The molecule has 0 fully saturated rings. The third-order valence-corrected chi connectivity index (χ3v) is 3.54. The van der Waals surface area contributed by atoms with E-state index < -0.39 is 0 Å². The van der Waals surface area contributed by atoms with Crippen molar-refractivity contribution in [3.05, 3.63) is 11.5 Å². The van der Waals surface area contributed by atoms with Gasteiger partial charge in [0.1, 0.15) is 0 Å². The summed E-state index contributed by atoms with van der Waals surface area (Å²) in [6, 6.07) is 0. The summed E-state index contributed by atoms with van der Waals surface area (Å²) in [5, 5.41) is 1.86. The Bertz CT molecular complexity index is 152. The molecule has 0 rings (SSSR count). The fourth-order valence-electron chi connectivity index (χ4n) is 2.18. The monoisotopic (exact) mass is 256 g/mol. The summed E-state index contributed by atoms with van der Waals surface area (Å²) >= 11 is 4.05. The maximum Gasteiger partial charge on any atom is -0.0343 e. The van der Waals surface area contributed by atoms with Gasteiger partial charge >= 0.3 is 0 Å². The van der Waals surface area contributed by atoms with E-state index in [9.17, 15) is 0 Å². The molecule has 0 saturated carbocycles. The van der Waals surface area contributed by atoms with E-state index in [0.717, 1.165) is 0 Å². The van der Waals surface area contributed by atoms with Gasteiger partial charge in [-0.2, -0.15) is 12.6 Å². The van der Waals surface area contributed by atoms with Gasteiger partial charge in [-0.05, 0) is 18.2 Å². The van der Waals surface area contributed by atoms with Crippen LogP contribution in [0.25, 0.3) is 0 Å². The molecule has 0 amide bonds. The van der Waals surface area contributed by atoms with Crippen molar-refractivity contribution in [3.8, 4) is 0 Å². The van der Waals surface area contributed by atoms with Crippen LogP contribution in [-0.2, 0) is 0 Å². The molecular weight excluding hydrogens is 224 g/mol. The van der Waals surface area contributed by atoms with Gasteiger partial charge in [0, 0.05) is 0 Å². The van der Waals surface area contributed by atoms with E-state index in [1.54, 1.807) is 0 Å². The highest BCUT2D eigenvalue weighted by Gasteiger charge is 1.92. The minimum absolute atomic E-state index is 1.21. The van der Waals surface area contributed by atoms with Gasteiger partial charge in [-0.25, -0.2) is 0 Å². The summed E-state index contributed by atoms with van der Waals surface area (Å²) < 4.78 is 0. The van der Waals surface area contributed by atoms with Crippen molar-refractivity contribution in [2.75, 3.05) is 0 Å². The molecule has 0 unspecified atom stereocenters. The number of hydrogen-bond acceptors (Lipinski definition) is 1. The van der Waals surface area contributed by atoms with Crippen molar-refractivity contribution in [3.63, 3.8) is 0 Å². The fraction of sp³-hybridized carbons (Fsp3) is 0.875. The molecular formula is C16H32S. The molecule has 102 valence electrons. The Morgan fingerprint density at radius 2 is 1.06 bits per heavy atom. The Morgan fingerprint density at radius 1 is 0.647 bits per heavy atom. The number of rotatable bonds is 13. The smallest absolute Gasteiger partial charge is 0.0343 e. The predicted octanol–water partition coefficient (Wildman–Crippen LogP) is 6.52. The summed E-state index contributed by atoms with van der Waals surface area (Å²) in [7, 11) is 0. The molecule has 0 aliphatic heterocycles. The van der Waals surface area contributed by atoms with Gasteiger partial charge in [0.25, 0.3) is 0 Å². The molecule has 0 saturated heterocycles. The zero-order valence-corrected chi connectivity index (χ0v) is 12.7. The Kier molecular flexibility index (Phi) is 16.2. The molecule has 17 heavy (non-hydrogen) atoms. The first kappa shape index (κ1) is 17.1. The Morgan fingerprint density at radius 3 is 1.47 bits per heavy atom. The molecule has 0 aromatic carbocycles. The number of hydrogen-bond donors (Lipinski definition) is 1. The Hall–Kier alpha value is 0.0900. The highest BCUT2D eigenvalue weighted by Crippen LogP contribution is 2.12. The maximum absolute atomic E-state index is 4.05. The van der Waals surface area contributed by atoms with Crippen LogP contribution in [0.15, 0.2) is 11.5 Å². The topological polar surface area (TPSA) is 0 Å². The minimum atomic E-state index is 1.21. The van der Waals surface area contributed by atoms with Gasteiger partial charge in [-0.3, -0.25) is 0 Å². The van der Waals surface area contributed by atoms with Crippen LogP contribution in [0.2, 0.25) is 0 Å². The summed E-state index contributed by atoms with van der Waals surface area (Å²) in [6.45, 7) is 2.28. The third kappa shape index (κ3) is 16.1. The Balaban J connectivity index is 2.89. The molecule has 0 nitrogen and oxygen atoms in total. The van der Waals surface area contributed by atoms with Crippen molar-refractivity contribution in [2.24, 2.45) is 0 Å². The van der Waals surface area contributed by atoms with Crippen molar-refractivity contribution in [1.29, 1.82) is 0 Å². The number of thiol groups is 1. The van der Waals surface area contributed by atoms with Gasteiger partial charge in [0.15, 0.2) is 0 Å². The number of unbranched alkanes of at least 4 members (excludes halogenated alkanes) is 12. The molecule has 0 bridgehead atoms. The summed E-state index contributed by atoms with van der Waals surface area (Å²) in [4.78, 5) is 0. The van der Waals surface area contributed by atoms with Crippen molar-refractivity contribution in [1.82, 2.24) is 0 Å². The molecule has 0 aromatic heterocycles. The van der Waals surface area contributed by atoms with Crippen LogP contribution in [0.4, 0.5) is 0 Å². The summed E-state index contributed by atoms with van der Waals surface area (Å²) in [6.07, 6.45) is 20.5. The molecule has 0 radical (unpaired) electrons. The standard InChI is InChI=1S/C16H32S/c1-2-3-4-5-6-7-8-9-10-11-12-13-14-15-16-17/h15-17H,2-14H2,1H3. The highest BCUT2D eigenvalue weighted by atomic mass is 32.1. The second kappa shape index (κ2) is 16.1. The van der Waals surface area contributed by atoms with E-state index in [4.69, 9.17) is 0 Å². The lowest BCUT2D eigenvalue weighted by Gasteiger charge is -2.02. The van der Waals surface area contributed by atoms with Gasteiger partial charge in [-0.1, -0.05) is 83.6 Å². The number of allylic oxidation sites excluding steroid dienone is 1. The van der Waals surface area contributed by atoms with Crippen molar-refractivity contribution >= 4 is 12.6 Å². The highest BCUT2D eigenvalue weighted by molar-refractivity contribution is 7.83. The van der Waals surface area contributed by atoms with Crippen LogP contribution in [0.3, 0.4) is 0 Å². The first-order valence-corrected chi connectivity index (χ1v) is 8.22. The van der Waals surface area contributed by atoms with E-state index in [0.29, 0.717) is 0 Å². The Labute approximate surface area is 115 Å². The fourth-order valence-corrected chi connectivity index (χ4v) is 2.33. The maximum atomic E-state index is 4.05. The van der Waals surface area contributed by atoms with Crippen LogP contribution in [-0.4, -0.2) is 0 Å². The molecule has 0 aliphatic rings. The first-order chi connectivity index (χ1) is 8.41. The normalized spacial score (nSPS) is 11.4. The molecule has 0 atom stereocenters. The lowest BCUT2D eigenvalue weighted by Crippen LogP contribution is -1.82. The SMILES string of the molecule is CCCCCCCCCCCCCCC=CS. The lowest BCUT2D eigenvalue weighted by atomic mass is 10.0. The van der Waals surface area contributed by atoms with Crippen LogP contribution in [0.5, 0.6) is 0 Å². The van der Waals surface area contributed by atoms with Crippen LogP contribution < -0.4 is 0 Å². The molecule has 1 heteroatoms. The van der Waals surface area contributed by atoms with Gasteiger partial charge in [0.2, 0.25) is 0 Å². The molecule has 0 spiro atoms. The second-order valence-electron chi connectivity index (χ2n) is 5.06. The first-order valence-electron chi connectivity index (χ1n) is 7.71. The third-order valence-electron chi connectivity index (χ3n) is 3.33. The summed E-state index contributed by atoms with van der Waals surface area (Å²) in [5.74, 6) is 0. The zero-order chi connectivity index (χ0) is 12.6. The van der Waals surface area contributed by atoms with Crippen LogP contribution in [0, 0.1) is 0 Å². The largest absolute Gasteiger partial charge is 0.152 e. The average molecular weight is 256 g/mol. The lowest BCUT2D eigenvalue weighted by molar-refractivity contribution is 0.545. The van der Waals surface area contributed by atoms with E-state index in [-0.39, 0.29) is 0 Å². The quantitative estimate of drug-likeness (QED) is 0.281. The van der Waals surface area contributed by atoms with Gasteiger partial charge < -0.3 is 0 Å². The van der Waals surface area contributed by atoms with E-state index in [1.807, 2.05) is 5.41 Å². The second-order valence-corrected chi connectivity index (χ2v) is 5.36. The van der Waals surface area contributed by atoms with Crippen molar-refractivity contribution in [2.45, 2.75) is 90.4 Å². The summed E-state index contributed by atoms with van der Waals surface area (Å²) in [5.41, 5.74) is 0. The minimum Gasteiger partial charge on any atom is -0.152 e. The van der Waals surface area contributed by atoms with E-state index in [2.05, 4.69) is 25.6 Å². The van der Waals surface area contributed by atoms with Gasteiger partial charge in [-0.15, -0.1) is 0 Å². The van der Waals surface area contributed by atoms with Gasteiger partial charge in [0.05, 0.1) is 0 Å². The van der Waals surface area contributed by atoms with E-state index in [1.165, 1.54) is 83.5 Å². The molecule has 0 N–H and O–H groups in total. The average Bonchev–Trinajstić information content (AvgIpc) is 2.35. The molecule has 0 heterocycles. The van der Waals surface area contributed by atoms with E-state index >= 15 is 0 Å². The molecule has 0 aromatic rings. The molecule has 0 aliphatic carbocycles. The predicted molar refractivity (Wildman–Crippen MR) is 83.8 cm³/mol. The van der Waals surface area contributed by atoms with Crippen molar-refractivity contribution < 1.29 is 0 Å². The van der Waals surface area contributed by atoms with Crippen LogP contribution in [0.1, 0.15) is 90.4 Å². The van der Waals surface area contributed by atoms with Crippen LogP contribution >= 0.6 is 12.6 Å².